The van der Waals surface area contributed by atoms with Crippen LogP contribution in [0.25, 0.3) is 10.9 Å². The van der Waals surface area contributed by atoms with Crippen molar-refractivity contribution in [2.75, 3.05) is 5.32 Å². The lowest BCUT2D eigenvalue weighted by molar-refractivity contribution is -0.115. The molecule has 0 aliphatic carbocycles. The summed E-state index contributed by atoms with van der Waals surface area (Å²) in [6.07, 6.45) is 4.47. The van der Waals surface area contributed by atoms with Gasteiger partial charge in [0, 0.05) is 12.3 Å². The van der Waals surface area contributed by atoms with Crippen LogP contribution in [0.1, 0.15) is 26.3 Å². The Morgan fingerprint density at radius 3 is 2.72 bits per heavy atom. The van der Waals surface area contributed by atoms with E-state index in [4.69, 9.17) is 4.74 Å². The minimum atomic E-state index is -0.579. The Kier molecular flexibility index (Phi) is 5.48. The first-order chi connectivity index (χ1) is 15.2. The molecule has 0 fully saturated rings. The minimum Gasteiger partial charge on any atom is -0.508 e. The number of nitrogens with one attached hydrogen (secondary N) is 1. The molecule has 0 saturated carbocycles. The van der Waals surface area contributed by atoms with Crippen LogP contribution < -0.4 is 10.1 Å². The number of phenols is 1. The number of rotatable bonds is 5. The molecule has 0 bridgehead atoms. The van der Waals surface area contributed by atoms with Gasteiger partial charge in [-0.1, -0.05) is 6.07 Å². The van der Waals surface area contributed by atoms with Gasteiger partial charge in [0.25, 0.3) is 0 Å². The van der Waals surface area contributed by atoms with E-state index in [9.17, 15) is 14.3 Å². The lowest BCUT2D eigenvalue weighted by atomic mass is 10.1. The van der Waals surface area contributed by atoms with Crippen molar-refractivity contribution in [1.82, 2.24) is 19.7 Å². The Morgan fingerprint density at radius 2 is 2.00 bits per heavy atom. The monoisotopic (exact) mass is 435 g/mol. The van der Waals surface area contributed by atoms with Gasteiger partial charge in [-0.05, 0) is 50.6 Å². The smallest absolute Gasteiger partial charge is 0.230 e. The quantitative estimate of drug-likeness (QED) is 0.482. The van der Waals surface area contributed by atoms with Crippen molar-refractivity contribution in [3.63, 3.8) is 0 Å². The van der Waals surface area contributed by atoms with Gasteiger partial charge in [-0.3, -0.25) is 9.48 Å². The van der Waals surface area contributed by atoms with Crippen molar-refractivity contribution in [3.05, 3.63) is 66.5 Å². The fourth-order valence-electron chi connectivity index (χ4n) is 3.08. The van der Waals surface area contributed by atoms with E-state index in [1.807, 2.05) is 20.8 Å². The third-order valence-electron chi connectivity index (χ3n) is 4.73. The van der Waals surface area contributed by atoms with E-state index in [1.54, 1.807) is 29.2 Å². The molecule has 0 radical (unpaired) electrons. The molecule has 0 aliphatic heterocycles. The lowest BCUT2D eigenvalue weighted by Gasteiger charge is -2.18. The van der Waals surface area contributed by atoms with Gasteiger partial charge in [0.15, 0.2) is 0 Å². The summed E-state index contributed by atoms with van der Waals surface area (Å²) in [7, 11) is 0. The maximum absolute atomic E-state index is 14.6. The van der Waals surface area contributed by atoms with Crippen molar-refractivity contribution in [2.24, 2.45) is 0 Å². The Morgan fingerprint density at radius 1 is 1.19 bits per heavy atom. The standard InChI is InChI=1S/C23H22FN5O3/c1-23(2,3)29-12-15(11-27-29)28-21(31)8-14-4-6-17(10-19(14)24)32-22-18-9-16(30)5-7-20(18)25-13-26-22/h4-7,9-13,30H,8H2,1-3H3,(H,28,31). The summed E-state index contributed by atoms with van der Waals surface area (Å²) in [6.45, 7) is 5.99. The van der Waals surface area contributed by atoms with Crippen molar-refractivity contribution >= 4 is 22.5 Å². The third kappa shape index (κ3) is 4.66. The van der Waals surface area contributed by atoms with E-state index in [-0.39, 0.29) is 40.8 Å². The van der Waals surface area contributed by atoms with Gasteiger partial charge in [0.2, 0.25) is 11.8 Å². The van der Waals surface area contributed by atoms with Gasteiger partial charge < -0.3 is 15.2 Å². The molecule has 0 spiro atoms. The first-order valence-electron chi connectivity index (χ1n) is 9.94. The van der Waals surface area contributed by atoms with Crippen molar-refractivity contribution in [2.45, 2.75) is 32.7 Å². The summed E-state index contributed by atoms with van der Waals surface area (Å²) in [5, 5.41) is 17.2. The molecule has 4 rings (SSSR count). The molecule has 9 heteroatoms. The second kappa shape index (κ2) is 8.26. The first kappa shape index (κ1) is 21.2. The minimum absolute atomic E-state index is 0.0396. The average molecular weight is 435 g/mol. The molecule has 0 atom stereocenters. The van der Waals surface area contributed by atoms with Gasteiger partial charge in [-0.15, -0.1) is 0 Å². The van der Waals surface area contributed by atoms with Crippen LogP contribution in [-0.2, 0) is 16.8 Å². The van der Waals surface area contributed by atoms with Crippen LogP contribution in [0.4, 0.5) is 10.1 Å². The van der Waals surface area contributed by atoms with E-state index in [0.29, 0.717) is 16.6 Å². The molecule has 164 valence electrons. The SMILES string of the molecule is CC(C)(C)n1cc(NC(=O)Cc2ccc(Oc3ncnc4ccc(O)cc34)cc2F)cn1. The highest BCUT2D eigenvalue weighted by Gasteiger charge is 2.16. The van der Waals surface area contributed by atoms with Crippen LogP contribution in [0.2, 0.25) is 0 Å². The van der Waals surface area contributed by atoms with Crippen LogP contribution in [-0.4, -0.2) is 30.8 Å². The normalized spacial score (nSPS) is 11.5. The second-order valence-electron chi connectivity index (χ2n) is 8.30. The number of benzene rings is 2. The molecule has 2 aromatic heterocycles. The summed E-state index contributed by atoms with van der Waals surface area (Å²) in [5.74, 6) is -0.501. The summed E-state index contributed by atoms with van der Waals surface area (Å²) in [4.78, 5) is 20.5. The van der Waals surface area contributed by atoms with Gasteiger partial charge in [0.1, 0.15) is 23.6 Å². The van der Waals surface area contributed by atoms with Crippen LogP contribution in [0.5, 0.6) is 17.4 Å². The Labute approximate surface area is 183 Å². The van der Waals surface area contributed by atoms with Crippen molar-refractivity contribution in [3.8, 4) is 17.4 Å². The molecule has 0 unspecified atom stereocenters. The first-order valence-corrected chi connectivity index (χ1v) is 9.94. The largest absolute Gasteiger partial charge is 0.508 e. The van der Waals surface area contributed by atoms with E-state index >= 15 is 0 Å². The van der Waals surface area contributed by atoms with E-state index in [0.717, 1.165) is 0 Å². The Balaban J connectivity index is 1.46. The molecular formula is C23H22FN5O3. The van der Waals surface area contributed by atoms with E-state index in [1.165, 1.54) is 30.6 Å². The van der Waals surface area contributed by atoms with Crippen molar-refractivity contribution in [1.29, 1.82) is 0 Å². The topological polar surface area (TPSA) is 102 Å². The number of carbonyl (C=O) groups excluding carboxylic acids is 1. The van der Waals surface area contributed by atoms with Crippen LogP contribution in [0.15, 0.2) is 55.1 Å². The number of ether oxygens (including phenoxy) is 1. The molecule has 4 aromatic rings. The van der Waals surface area contributed by atoms with Crippen LogP contribution in [0.3, 0.4) is 0 Å². The number of carbonyl (C=O) groups is 1. The number of hydrogen-bond acceptors (Lipinski definition) is 6. The Hall–Kier alpha value is -4.01. The number of phenolic OH excluding ortho intramolecular Hbond substituents is 1. The maximum Gasteiger partial charge on any atom is 0.230 e. The van der Waals surface area contributed by atoms with E-state index < -0.39 is 5.82 Å². The van der Waals surface area contributed by atoms with Crippen LogP contribution >= 0.6 is 0 Å². The molecule has 2 aromatic carbocycles. The highest BCUT2D eigenvalue weighted by atomic mass is 19.1. The summed E-state index contributed by atoms with van der Waals surface area (Å²) >= 11 is 0. The molecule has 2 heterocycles. The molecule has 2 N–H and O–H groups in total. The molecule has 32 heavy (non-hydrogen) atoms. The zero-order valence-corrected chi connectivity index (χ0v) is 17.8. The van der Waals surface area contributed by atoms with Gasteiger partial charge >= 0.3 is 0 Å². The second-order valence-corrected chi connectivity index (χ2v) is 8.30. The lowest BCUT2D eigenvalue weighted by Crippen LogP contribution is -2.22. The predicted molar refractivity (Wildman–Crippen MR) is 117 cm³/mol. The van der Waals surface area contributed by atoms with Crippen molar-refractivity contribution < 1.29 is 19.0 Å². The van der Waals surface area contributed by atoms with Crippen LogP contribution in [0, 0.1) is 5.82 Å². The number of nitrogens with zero attached hydrogens (tertiary/aromatic N) is 4. The Bertz CT molecular complexity index is 1300. The zero-order valence-electron chi connectivity index (χ0n) is 17.8. The fourth-order valence-corrected chi connectivity index (χ4v) is 3.08. The predicted octanol–water partition coefficient (Wildman–Crippen LogP) is 4.40. The average Bonchev–Trinajstić information content (AvgIpc) is 3.19. The number of aromatic hydroxyl groups is 1. The number of fused-ring (bicyclic) bond motifs is 1. The number of anilines is 1. The van der Waals surface area contributed by atoms with E-state index in [2.05, 4.69) is 20.4 Å². The highest BCUT2D eigenvalue weighted by Crippen LogP contribution is 2.30. The number of hydrogen-bond donors (Lipinski definition) is 2. The number of aromatic nitrogens is 4. The molecule has 0 aliphatic rings. The molecule has 1 amide bonds. The maximum atomic E-state index is 14.6. The zero-order chi connectivity index (χ0) is 22.9. The number of halogens is 1. The summed E-state index contributed by atoms with van der Waals surface area (Å²) in [6, 6.07) is 8.85. The fraction of sp³-hybridized carbons (Fsp3) is 0.217. The number of amides is 1. The molecular weight excluding hydrogens is 413 g/mol. The molecule has 8 nitrogen and oxygen atoms in total. The summed E-state index contributed by atoms with van der Waals surface area (Å²) in [5.41, 5.74) is 1.14. The van der Waals surface area contributed by atoms with Gasteiger partial charge in [-0.25, -0.2) is 14.4 Å². The summed E-state index contributed by atoms with van der Waals surface area (Å²) < 4.78 is 22.1. The van der Waals surface area contributed by atoms with Gasteiger partial charge in [0.05, 0.1) is 34.7 Å². The third-order valence-corrected chi connectivity index (χ3v) is 4.73. The van der Waals surface area contributed by atoms with Gasteiger partial charge in [-0.2, -0.15) is 5.10 Å². The highest BCUT2D eigenvalue weighted by molar-refractivity contribution is 5.92. The molecule has 0 saturated heterocycles.